The van der Waals surface area contributed by atoms with Crippen LogP contribution in [0.25, 0.3) is 0 Å². The van der Waals surface area contributed by atoms with Crippen LogP contribution in [-0.2, 0) is 16.6 Å². The standard InChI is InChI=1S/C20H20N2O3S/c1-16-10-11-19(25-2)20(13-16)26(23,24)22(18-8-4-3-5-9-18)15-17-7-6-12-21-14-17/h3-14H,15H2,1-2H3. The monoisotopic (exact) mass is 368 g/mol. The second kappa shape index (κ2) is 7.58. The van der Waals surface area contributed by atoms with E-state index in [9.17, 15) is 8.42 Å². The van der Waals surface area contributed by atoms with E-state index in [4.69, 9.17) is 4.74 Å². The molecule has 0 bridgehead atoms. The molecule has 134 valence electrons. The second-order valence-electron chi connectivity index (χ2n) is 5.86. The Hall–Kier alpha value is -2.86. The van der Waals surface area contributed by atoms with Crippen molar-refractivity contribution < 1.29 is 13.2 Å². The summed E-state index contributed by atoms with van der Waals surface area (Å²) in [5, 5.41) is 0. The van der Waals surface area contributed by atoms with E-state index in [1.807, 2.05) is 37.3 Å². The summed E-state index contributed by atoms with van der Waals surface area (Å²) in [7, 11) is -2.37. The van der Waals surface area contributed by atoms with Gasteiger partial charge in [-0.3, -0.25) is 9.29 Å². The molecule has 3 aromatic rings. The van der Waals surface area contributed by atoms with E-state index in [0.29, 0.717) is 11.4 Å². The van der Waals surface area contributed by atoms with Crippen LogP contribution in [0.5, 0.6) is 5.75 Å². The molecule has 0 aliphatic heterocycles. The van der Waals surface area contributed by atoms with E-state index in [0.717, 1.165) is 11.1 Å². The first kappa shape index (κ1) is 17.9. The lowest BCUT2D eigenvalue weighted by atomic mass is 10.2. The molecule has 0 N–H and O–H groups in total. The first-order chi connectivity index (χ1) is 12.5. The van der Waals surface area contributed by atoms with Gasteiger partial charge in [0.2, 0.25) is 0 Å². The van der Waals surface area contributed by atoms with Crippen molar-refractivity contribution in [2.75, 3.05) is 11.4 Å². The van der Waals surface area contributed by atoms with Gasteiger partial charge in [0, 0.05) is 12.4 Å². The van der Waals surface area contributed by atoms with Crippen molar-refractivity contribution in [2.24, 2.45) is 0 Å². The van der Waals surface area contributed by atoms with Crippen LogP contribution in [0.1, 0.15) is 11.1 Å². The van der Waals surface area contributed by atoms with Crippen molar-refractivity contribution in [3.05, 3.63) is 84.2 Å². The highest BCUT2D eigenvalue weighted by molar-refractivity contribution is 7.92. The van der Waals surface area contributed by atoms with Gasteiger partial charge in [-0.2, -0.15) is 0 Å². The highest BCUT2D eigenvalue weighted by atomic mass is 32.2. The Labute approximate surface area is 153 Å². The van der Waals surface area contributed by atoms with Gasteiger partial charge in [0.1, 0.15) is 10.6 Å². The molecule has 0 aliphatic carbocycles. The molecule has 0 spiro atoms. The molecule has 0 fully saturated rings. The van der Waals surface area contributed by atoms with Crippen LogP contribution in [-0.4, -0.2) is 20.5 Å². The summed E-state index contributed by atoms with van der Waals surface area (Å²) in [6.45, 7) is 2.03. The highest BCUT2D eigenvalue weighted by Gasteiger charge is 2.28. The largest absolute Gasteiger partial charge is 0.495 e. The van der Waals surface area contributed by atoms with Crippen molar-refractivity contribution in [3.8, 4) is 5.75 Å². The quantitative estimate of drug-likeness (QED) is 0.664. The lowest BCUT2D eigenvalue weighted by Gasteiger charge is -2.25. The third-order valence-electron chi connectivity index (χ3n) is 3.98. The Morgan fingerprint density at radius 3 is 2.46 bits per heavy atom. The fraction of sp³-hybridized carbons (Fsp3) is 0.150. The Kier molecular flexibility index (Phi) is 5.23. The number of para-hydroxylation sites is 1. The molecule has 26 heavy (non-hydrogen) atoms. The van der Waals surface area contributed by atoms with Gasteiger partial charge in [0.25, 0.3) is 10.0 Å². The SMILES string of the molecule is COc1ccc(C)cc1S(=O)(=O)N(Cc1cccnc1)c1ccccc1. The molecule has 0 unspecified atom stereocenters. The predicted molar refractivity (Wildman–Crippen MR) is 102 cm³/mol. The van der Waals surface area contributed by atoms with Crippen LogP contribution >= 0.6 is 0 Å². The van der Waals surface area contributed by atoms with Crippen LogP contribution in [0, 0.1) is 6.92 Å². The molecule has 3 rings (SSSR count). The van der Waals surface area contributed by atoms with E-state index in [1.165, 1.54) is 11.4 Å². The summed E-state index contributed by atoms with van der Waals surface area (Å²) >= 11 is 0. The maximum Gasteiger partial charge on any atom is 0.268 e. The Morgan fingerprint density at radius 2 is 1.81 bits per heavy atom. The molecule has 0 saturated heterocycles. The number of nitrogens with zero attached hydrogens (tertiary/aromatic N) is 2. The smallest absolute Gasteiger partial charge is 0.268 e. The van der Waals surface area contributed by atoms with Crippen LogP contribution in [0.2, 0.25) is 0 Å². The van der Waals surface area contributed by atoms with Crippen LogP contribution in [0.15, 0.2) is 78.0 Å². The molecular weight excluding hydrogens is 348 g/mol. The molecule has 0 aliphatic rings. The van der Waals surface area contributed by atoms with Gasteiger partial charge in [-0.05, 0) is 48.4 Å². The summed E-state index contributed by atoms with van der Waals surface area (Å²) in [5.41, 5.74) is 2.23. The van der Waals surface area contributed by atoms with Crippen molar-refractivity contribution in [1.29, 1.82) is 0 Å². The van der Waals surface area contributed by atoms with Crippen molar-refractivity contribution in [3.63, 3.8) is 0 Å². The van der Waals surface area contributed by atoms with Gasteiger partial charge in [-0.15, -0.1) is 0 Å². The van der Waals surface area contributed by atoms with E-state index < -0.39 is 10.0 Å². The highest BCUT2D eigenvalue weighted by Crippen LogP contribution is 2.31. The second-order valence-corrected chi connectivity index (χ2v) is 7.69. The minimum atomic E-state index is -3.84. The zero-order valence-corrected chi connectivity index (χ0v) is 15.5. The topological polar surface area (TPSA) is 59.5 Å². The molecular formula is C20H20N2O3S. The van der Waals surface area contributed by atoms with Gasteiger partial charge in [-0.1, -0.05) is 30.3 Å². The molecule has 0 atom stereocenters. The summed E-state index contributed by atoms with van der Waals surface area (Å²) in [4.78, 5) is 4.23. The van der Waals surface area contributed by atoms with Gasteiger partial charge in [-0.25, -0.2) is 8.42 Å². The van der Waals surface area contributed by atoms with E-state index >= 15 is 0 Å². The summed E-state index contributed by atoms with van der Waals surface area (Å²) < 4.78 is 33.7. The zero-order valence-electron chi connectivity index (χ0n) is 14.7. The number of hydrogen-bond acceptors (Lipinski definition) is 4. The molecule has 0 amide bonds. The van der Waals surface area contributed by atoms with Crippen molar-refractivity contribution >= 4 is 15.7 Å². The average molecular weight is 368 g/mol. The van der Waals surface area contributed by atoms with E-state index in [-0.39, 0.29) is 11.4 Å². The van der Waals surface area contributed by atoms with E-state index in [2.05, 4.69) is 4.98 Å². The number of aromatic nitrogens is 1. The van der Waals surface area contributed by atoms with Gasteiger partial charge in [0.05, 0.1) is 19.3 Å². The number of sulfonamides is 1. The van der Waals surface area contributed by atoms with Gasteiger partial charge < -0.3 is 4.74 Å². The number of benzene rings is 2. The fourth-order valence-corrected chi connectivity index (χ4v) is 4.37. The number of methoxy groups -OCH3 is 1. The lowest BCUT2D eigenvalue weighted by Crippen LogP contribution is -2.31. The number of hydrogen-bond donors (Lipinski definition) is 0. The summed E-state index contributed by atoms with van der Waals surface area (Å²) in [6.07, 6.45) is 3.33. The van der Waals surface area contributed by atoms with Crippen LogP contribution in [0.3, 0.4) is 0 Å². The number of pyridine rings is 1. The first-order valence-corrected chi connectivity index (χ1v) is 9.57. The zero-order chi connectivity index (χ0) is 18.6. The molecule has 6 heteroatoms. The Balaban J connectivity index is 2.13. The van der Waals surface area contributed by atoms with E-state index in [1.54, 1.807) is 42.7 Å². The normalized spacial score (nSPS) is 11.2. The Bertz CT molecular complexity index is 974. The van der Waals surface area contributed by atoms with Gasteiger partial charge >= 0.3 is 0 Å². The predicted octanol–water partition coefficient (Wildman–Crippen LogP) is 3.79. The van der Waals surface area contributed by atoms with Crippen LogP contribution < -0.4 is 9.04 Å². The third kappa shape index (κ3) is 3.70. The number of aryl methyl sites for hydroxylation is 1. The maximum absolute atomic E-state index is 13.5. The first-order valence-electron chi connectivity index (χ1n) is 8.13. The summed E-state index contributed by atoms with van der Waals surface area (Å²) in [6, 6.07) is 17.8. The number of ether oxygens (including phenoxy) is 1. The molecule has 1 heterocycles. The van der Waals surface area contributed by atoms with Gasteiger partial charge in [0.15, 0.2) is 0 Å². The summed E-state index contributed by atoms with van der Waals surface area (Å²) in [5.74, 6) is 0.322. The maximum atomic E-state index is 13.5. The molecule has 1 aromatic heterocycles. The van der Waals surface area contributed by atoms with Crippen molar-refractivity contribution in [2.45, 2.75) is 18.4 Å². The molecule has 5 nitrogen and oxygen atoms in total. The Morgan fingerprint density at radius 1 is 1.04 bits per heavy atom. The number of rotatable bonds is 6. The fourth-order valence-electron chi connectivity index (χ4n) is 2.67. The van der Waals surface area contributed by atoms with Crippen molar-refractivity contribution in [1.82, 2.24) is 4.98 Å². The number of anilines is 1. The molecule has 0 saturated carbocycles. The molecule has 0 radical (unpaired) electrons. The minimum absolute atomic E-state index is 0.146. The third-order valence-corrected chi connectivity index (χ3v) is 5.78. The average Bonchev–Trinajstić information content (AvgIpc) is 2.67. The minimum Gasteiger partial charge on any atom is -0.495 e. The lowest BCUT2D eigenvalue weighted by molar-refractivity contribution is 0.402. The van der Waals surface area contributed by atoms with Crippen LogP contribution in [0.4, 0.5) is 5.69 Å². The molecule has 2 aromatic carbocycles.